The Morgan fingerprint density at radius 2 is 1.79 bits per heavy atom. The van der Waals surface area contributed by atoms with E-state index in [0.29, 0.717) is 23.7 Å². The van der Waals surface area contributed by atoms with Gasteiger partial charge in [-0.05, 0) is 30.3 Å². The Balaban J connectivity index is 1.97. The summed E-state index contributed by atoms with van der Waals surface area (Å²) in [6, 6.07) is 12.5. The predicted octanol–water partition coefficient (Wildman–Crippen LogP) is 3.82. The molecule has 0 N–H and O–H groups in total. The van der Waals surface area contributed by atoms with Crippen LogP contribution in [-0.2, 0) is 9.84 Å². The Kier molecular flexibility index (Phi) is 5.45. The lowest BCUT2D eigenvalue weighted by Gasteiger charge is -2.23. The average molecular weight is 415 g/mol. The Morgan fingerprint density at radius 1 is 1.10 bits per heavy atom. The van der Waals surface area contributed by atoms with Crippen molar-refractivity contribution in [3.8, 4) is 11.5 Å². The number of rotatable bonds is 6. The van der Waals surface area contributed by atoms with E-state index in [1.165, 1.54) is 6.26 Å². The fraction of sp³-hybridized carbons (Fsp3) is 0.318. The molecule has 0 saturated carbocycles. The van der Waals surface area contributed by atoms with Gasteiger partial charge in [0.2, 0.25) is 0 Å². The monoisotopic (exact) mass is 414 g/mol. The Bertz CT molecular complexity index is 1090. The van der Waals surface area contributed by atoms with Crippen molar-refractivity contribution in [3.63, 3.8) is 0 Å². The number of hydrogen-bond donors (Lipinski definition) is 0. The Morgan fingerprint density at radius 3 is 2.41 bits per heavy atom. The van der Waals surface area contributed by atoms with Crippen LogP contribution in [0.15, 0.2) is 59.0 Å². The first-order valence-electron chi connectivity index (χ1n) is 9.15. The quantitative estimate of drug-likeness (QED) is 0.719. The maximum absolute atomic E-state index is 11.9. The van der Waals surface area contributed by atoms with Gasteiger partial charge >= 0.3 is 0 Å². The third kappa shape index (κ3) is 4.15. The minimum absolute atomic E-state index is 0.239. The van der Waals surface area contributed by atoms with Crippen LogP contribution in [0.2, 0.25) is 0 Å². The maximum atomic E-state index is 11.9. The molecule has 154 valence electrons. The molecule has 1 aliphatic rings. The van der Waals surface area contributed by atoms with E-state index in [1.54, 1.807) is 32.4 Å². The van der Waals surface area contributed by atoms with Crippen molar-refractivity contribution in [2.45, 2.75) is 18.7 Å². The van der Waals surface area contributed by atoms with Crippen LogP contribution in [0.1, 0.15) is 25.0 Å². The Labute approximate surface area is 172 Å². The van der Waals surface area contributed by atoms with Crippen LogP contribution in [0.5, 0.6) is 11.5 Å². The second-order valence-electron chi connectivity index (χ2n) is 7.71. The molecule has 0 amide bonds. The largest absolute Gasteiger partial charge is 0.493 e. The van der Waals surface area contributed by atoms with Crippen LogP contribution in [0, 0.1) is 5.41 Å². The second-order valence-corrected chi connectivity index (χ2v) is 9.72. The molecule has 0 radical (unpaired) electrons. The molecule has 0 atom stereocenters. The van der Waals surface area contributed by atoms with Crippen LogP contribution in [-0.4, -0.2) is 46.2 Å². The van der Waals surface area contributed by atoms with Gasteiger partial charge in [-0.1, -0.05) is 32.6 Å². The van der Waals surface area contributed by atoms with Gasteiger partial charge in [0.15, 0.2) is 21.3 Å². The molecule has 0 unspecified atom stereocenters. The van der Waals surface area contributed by atoms with Crippen molar-refractivity contribution in [1.29, 1.82) is 0 Å². The van der Waals surface area contributed by atoms with Gasteiger partial charge in [0, 0.05) is 22.8 Å². The predicted molar refractivity (Wildman–Crippen MR) is 115 cm³/mol. The highest BCUT2D eigenvalue weighted by atomic mass is 32.2. The highest BCUT2D eigenvalue weighted by molar-refractivity contribution is 7.90. The zero-order valence-electron chi connectivity index (χ0n) is 17.4. The molecule has 0 bridgehead atoms. The molecule has 0 aliphatic carbocycles. The molecule has 0 spiro atoms. The number of benzene rings is 2. The molecule has 2 aromatic carbocycles. The third-order valence-electron chi connectivity index (χ3n) is 4.97. The van der Waals surface area contributed by atoms with E-state index in [4.69, 9.17) is 14.6 Å². The summed E-state index contributed by atoms with van der Waals surface area (Å²) in [5.41, 5.74) is 2.98. The minimum Gasteiger partial charge on any atom is -0.493 e. The first-order chi connectivity index (χ1) is 13.6. The lowest BCUT2D eigenvalue weighted by atomic mass is 9.84. The van der Waals surface area contributed by atoms with E-state index in [2.05, 4.69) is 20.4 Å². The van der Waals surface area contributed by atoms with E-state index in [1.807, 2.05) is 29.3 Å². The molecule has 6 nitrogen and oxygen atoms in total. The van der Waals surface area contributed by atoms with E-state index in [9.17, 15) is 8.42 Å². The highest BCUT2D eigenvalue weighted by Crippen LogP contribution is 2.37. The number of hydrogen-bond acceptors (Lipinski definition) is 6. The highest BCUT2D eigenvalue weighted by Gasteiger charge is 2.36. The first-order valence-corrected chi connectivity index (χ1v) is 11.0. The van der Waals surface area contributed by atoms with Crippen LogP contribution in [0.25, 0.3) is 5.70 Å². The summed E-state index contributed by atoms with van der Waals surface area (Å²) in [6.45, 7) is 9.02. The molecular weight excluding hydrogens is 388 g/mol. The maximum Gasteiger partial charge on any atom is 0.175 e. The summed E-state index contributed by atoms with van der Waals surface area (Å²) in [7, 11) is -0.0891. The summed E-state index contributed by atoms with van der Waals surface area (Å²) < 4.78 is 34.5. The fourth-order valence-corrected chi connectivity index (χ4v) is 4.05. The smallest absolute Gasteiger partial charge is 0.175 e. The molecule has 1 aliphatic heterocycles. The SMILES string of the molecule is C=C(c1cccc(S(C)(=O)=O)c1)N1CC(C)(C)C(c2ccc(OC)c(OC)c2)=N1. The van der Waals surface area contributed by atoms with Gasteiger partial charge in [-0.25, -0.2) is 8.42 Å². The topological polar surface area (TPSA) is 68.2 Å². The number of methoxy groups -OCH3 is 2. The van der Waals surface area contributed by atoms with Gasteiger partial charge in [0.1, 0.15) is 0 Å². The van der Waals surface area contributed by atoms with Gasteiger partial charge in [-0.15, -0.1) is 0 Å². The van der Waals surface area contributed by atoms with Crippen molar-refractivity contribution in [3.05, 3.63) is 60.2 Å². The van der Waals surface area contributed by atoms with Gasteiger partial charge in [-0.3, -0.25) is 5.01 Å². The average Bonchev–Trinajstić information content (AvgIpc) is 3.01. The molecule has 2 aromatic rings. The zero-order valence-corrected chi connectivity index (χ0v) is 18.2. The summed E-state index contributed by atoms with van der Waals surface area (Å²) in [6.07, 6.45) is 1.20. The number of nitrogens with zero attached hydrogens (tertiary/aromatic N) is 2. The summed E-state index contributed by atoms with van der Waals surface area (Å²) in [5.74, 6) is 1.30. The number of hydrazone groups is 1. The van der Waals surface area contributed by atoms with Crippen molar-refractivity contribution >= 4 is 21.2 Å². The van der Waals surface area contributed by atoms with E-state index in [0.717, 1.165) is 16.8 Å². The van der Waals surface area contributed by atoms with Gasteiger partial charge in [0.05, 0.1) is 37.1 Å². The third-order valence-corrected chi connectivity index (χ3v) is 6.08. The summed E-state index contributed by atoms with van der Waals surface area (Å²) >= 11 is 0. The first kappa shape index (κ1) is 20.9. The molecular formula is C22H26N2O4S. The van der Waals surface area contributed by atoms with E-state index in [-0.39, 0.29) is 10.3 Å². The normalized spacial score (nSPS) is 15.8. The van der Waals surface area contributed by atoms with Gasteiger partial charge in [-0.2, -0.15) is 5.10 Å². The van der Waals surface area contributed by atoms with Gasteiger partial charge in [0.25, 0.3) is 0 Å². The fourth-order valence-electron chi connectivity index (χ4n) is 3.38. The van der Waals surface area contributed by atoms with Crippen molar-refractivity contribution in [2.24, 2.45) is 10.5 Å². The van der Waals surface area contributed by atoms with Crippen molar-refractivity contribution < 1.29 is 17.9 Å². The Hall–Kier alpha value is -2.80. The van der Waals surface area contributed by atoms with Crippen molar-refractivity contribution in [2.75, 3.05) is 27.0 Å². The molecule has 3 rings (SSSR count). The van der Waals surface area contributed by atoms with Crippen molar-refractivity contribution in [1.82, 2.24) is 5.01 Å². The number of ether oxygens (including phenoxy) is 2. The van der Waals surface area contributed by atoms with E-state index >= 15 is 0 Å². The number of sulfone groups is 1. The summed E-state index contributed by atoms with van der Waals surface area (Å²) in [4.78, 5) is 0.263. The lowest BCUT2D eigenvalue weighted by molar-refractivity contribution is 0.354. The molecule has 0 saturated heterocycles. The molecule has 0 aromatic heterocycles. The molecule has 29 heavy (non-hydrogen) atoms. The van der Waals surface area contributed by atoms with E-state index < -0.39 is 9.84 Å². The molecule has 7 heteroatoms. The minimum atomic E-state index is -3.29. The second kappa shape index (κ2) is 7.55. The van der Waals surface area contributed by atoms with Gasteiger partial charge < -0.3 is 9.47 Å². The summed E-state index contributed by atoms with van der Waals surface area (Å²) in [5, 5.41) is 6.64. The van der Waals surface area contributed by atoms with Crippen LogP contribution >= 0.6 is 0 Å². The lowest BCUT2D eigenvalue weighted by Crippen LogP contribution is -2.27. The zero-order chi connectivity index (χ0) is 21.4. The van der Waals surface area contributed by atoms with Crippen LogP contribution < -0.4 is 9.47 Å². The molecule has 1 heterocycles. The van der Waals surface area contributed by atoms with Crippen LogP contribution in [0.3, 0.4) is 0 Å². The standard InChI is InChI=1S/C22H26N2O4S/c1-15(16-8-7-9-18(12-16)29(6,25)26)24-14-22(2,3)21(23-24)17-10-11-19(27-4)20(13-17)28-5/h7-13H,1,14H2,2-6H3. The molecule has 0 fully saturated rings. The van der Waals surface area contributed by atoms with Crippen LogP contribution in [0.4, 0.5) is 0 Å².